The number of carbonyl (C=O) groups is 2. The highest BCUT2D eigenvalue weighted by Crippen LogP contribution is 2.32. The highest BCUT2D eigenvalue weighted by Gasteiger charge is 2.34. The summed E-state index contributed by atoms with van der Waals surface area (Å²) in [7, 11) is 1.95. The van der Waals surface area contributed by atoms with Crippen LogP contribution in [0.5, 0.6) is 0 Å². The highest BCUT2D eigenvalue weighted by molar-refractivity contribution is 6.07. The van der Waals surface area contributed by atoms with E-state index in [0.29, 0.717) is 17.8 Å². The van der Waals surface area contributed by atoms with Crippen molar-refractivity contribution in [1.29, 1.82) is 0 Å². The summed E-state index contributed by atoms with van der Waals surface area (Å²) < 4.78 is 1.98. The van der Waals surface area contributed by atoms with E-state index >= 15 is 0 Å². The number of carbonyl (C=O) groups excluding carboxylic acids is 2. The molecule has 1 aliphatic rings. The number of H-pyrrole nitrogens is 1. The maximum Gasteiger partial charge on any atom is 0.252 e. The third-order valence-corrected chi connectivity index (χ3v) is 6.18. The molecule has 2 aromatic heterocycles. The molecule has 3 aromatic rings. The van der Waals surface area contributed by atoms with Gasteiger partial charge in [0.1, 0.15) is 6.04 Å². The van der Waals surface area contributed by atoms with Crippen molar-refractivity contribution in [3.05, 3.63) is 41.9 Å². The van der Waals surface area contributed by atoms with Gasteiger partial charge in [-0.2, -0.15) is 5.21 Å². The molecule has 0 aliphatic heterocycles. The second-order valence-electron chi connectivity index (χ2n) is 8.26. The molecule has 1 aliphatic carbocycles. The Morgan fingerprint density at radius 1 is 1.29 bits per heavy atom. The summed E-state index contributed by atoms with van der Waals surface area (Å²) in [4.78, 5) is 26.3. The Balaban J connectivity index is 1.48. The van der Waals surface area contributed by atoms with Crippen LogP contribution >= 0.6 is 0 Å². The second-order valence-corrected chi connectivity index (χ2v) is 8.26. The van der Waals surface area contributed by atoms with Crippen molar-refractivity contribution in [2.45, 2.75) is 63.5 Å². The lowest BCUT2D eigenvalue weighted by molar-refractivity contribution is -0.124. The molecule has 31 heavy (non-hydrogen) atoms. The number of nitrogens with one attached hydrogen (secondary N) is 3. The number of unbranched alkanes of at least 4 members (excludes halogenated alkanes) is 1. The van der Waals surface area contributed by atoms with E-state index in [4.69, 9.17) is 0 Å². The number of hydrogen-bond donors (Lipinski definition) is 3. The van der Waals surface area contributed by atoms with Gasteiger partial charge in [0, 0.05) is 41.7 Å². The number of aryl methyl sites for hydroxylation is 1. The summed E-state index contributed by atoms with van der Waals surface area (Å²) in [6, 6.07) is 6.94. The van der Waals surface area contributed by atoms with Crippen LogP contribution in [0, 0.1) is 0 Å². The van der Waals surface area contributed by atoms with Gasteiger partial charge in [0.15, 0.2) is 5.82 Å². The summed E-state index contributed by atoms with van der Waals surface area (Å²) in [5, 5.41) is 21.3. The van der Waals surface area contributed by atoms with E-state index in [1.54, 1.807) is 6.07 Å². The van der Waals surface area contributed by atoms with E-state index in [0.717, 1.165) is 43.0 Å². The van der Waals surface area contributed by atoms with Gasteiger partial charge >= 0.3 is 0 Å². The smallest absolute Gasteiger partial charge is 0.252 e. The Bertz CT molecular complexity index is 1040. The molecule has 164 valence electrons. The molecule has 0 radical (unpaired) electrons. The fourth-order valence-electron chi connectivity index (χ4n) is 4.47. The van der Waals surface area contributed by atoms with Gasteiger partial charge in [0.25, 0.3) is 5.91 Å². The Hall–Kier alpha value is -3.23. The van der Waals surface area contributed by atoms with Crippen LogP contribution in [0.4, 0.5) is 0 Å². The van der Waals surface area contributed by atoms with Gasteiger partial charge in [0.2, 0.25) is 5.91 Å². The van der Waals surface area contributed by atoms with Crippen molar-refractivity contribution in [2.24, 2.45) is 7.05 Å². The molecule has 9 heteroatoms. The first-order chi connectivity index (χ1) is 15.1. The lowest BCUT2D eigenvalue weighted by Gasteiger charge is -2.23. The Kier molecular flexibility index (Phi) is 6.29. The molecule has 0 saturated heterocycles. The second kappa shape index (κ2) is 9.28. The molecule has 1 saturated carbocycles. The summed E-state index contributed by atoms with van der Waals surface area (Å²) in [6.07, 6.45) is 7.09. The lowest BCUT2D eigenvalue weighted by atomic mass is 10.0. The van der Waals surface area contributed by atoms with Gasteiger partial charge < -0.3 is 15.2 Å². The summed E-state index contributed by atoms with van der Waals surface area (Å²) in [5.41, 5.74) is 1.56. The van der Waals surface area contributed by atoms with Crippen LogP contribution in [-0.4, -0.2) is 49.1 Å². The Labute approximate surface area is 181 Å². The first-order valence-electron chi connectivity index (χ1n) is 11.0. The minimum absolute atomic E-state index is 0.0447. The summed E-state index contributed by atoms with van der Waals surface area (Å²) >= 11 is 0. The van der Waals surface area contributed by atoms with Gasteiger partial charge in [-0.05, 0) is 37.5 Å². The van der Waals surface area contributed by atoms with Crippen LogP contribution < -0.4 is 10.6 Å². The van der Waals surface area contributed by atoms with Crippen LogP contribution in [-0.2, 0) is 11.8 Å². The number of hydrogen-bond acceptors (Lipinski definition) is 5. The van der Waals surface area contributed by atoms with Crippen molar-refractivity contribution in [3.63, 3.8) is 0 Å². The molecule has 4 rings (SSSR count). The summed E-state index contributed by atoms with van der Waals surface area (Å²) in [5.74, 6) is 0.299. The molecule has 2 amide bonds. The number of aromatic amines is 1. The number of rotatable bonds is 8. The van der Waals surface area contributed by atoms with E-state index in [1.807, 2.05) is 36.0 Å². The lowest BCUT2D eigenvalue weighted by Crippen LogP contribution is -2.50. The summed E-state index contributed by atoms with van der Waals surface area (Å²) in [6.45, 7) is 2.07. The van der Waals surface area contributed by atoms with Crippen molar-refractivity contribution in [3.8, 4) is 0 Å². The molecule has 1 fully saturated rings. The van der Waals surface area contributed by atoms with Crippen molar-refractivity contribution >= 4 is 22.7 Å². The van der Waals surface area contributed by atoms with Crippen LogP contribution in [0.25, 0.3) is 10.9 Å². The number of amides is 2. The molecule has 0 spiro atoms. The largest absolute Gasteiger partial charge is 0.351 e. The van der Waals surface area contributed by atoms with E-state index < -0.39 is 6.04 Å². The normalized spacial score (nSPS) is 19.4. The van der Waals surface area contributed by atoms with Crippen molar-refractivity contribution in [2.75, 3.05) is 0 Å². The minimum Gasteiger partial charge on any atom is -0.351 e. The van der Waals surface area contributed by atoms with Gasteiger partial charge in [-0.25, -0.2) is 0 Å². The van der Waals surface area contributed by atoms with Gasteiger partial charge in [-0.1, -0.05) is 37.5 Å². The topological polar surface area (TPSA) is 118 Å². The van der Waals surface area contributed by atoms with Crippen molar-refractivity contribution < 1.29 is 9.59 Å². The molecule has 1 aromatic carbocycles. The number of nitrogens with zero attached hydrogens (tertiary/aromatic N) is 4. The molecule has 9 nitrogen and oxygen atoms in total. The minimum atomic E-state index is -0.585. The highest BCUT2D eigenvalue weighted by atomic mass is 16.2. The van der Waals surface area contributed by atoms with E-state index in [-0.39, 0.29) is 23.8 Å². The number of fused-ring (bicyclic) bond motifs is 1. The zero-order valence-electron chi connectivity index (χ0n) is 18.0. The molecule has 2 heterocycles. The Morgan fingerprint density at radius 3 is 2.94 bits per heavy atom. The van der Waals surface area contributed by atoms with Crippen LogP contribution in [0.15, 0.2) is 30.5 Å². The third-order valence-electron chi connectivity index (χ3n) is 6.18. The van der Waals surface area contributed by atoms with Crippen LogP contribution in [0.1, 0.15) is 67.5 Å². The van der Waals surface area contributed by atoms with Crippen LogP contribution in [0.3, 0.4) is 0 Å². The third kappa shape index (κ3) is 4.45. The quantitative estimate of drug-likeness (QED) is 0.514. The zero-order valence-corrected chi connectivity index (χ0v) is 18.0. The predicted octanol–water partition coefficient (Wildman–Crippen LogP) is 2.43. The average molecular weight is 424 g/mol. The first kappa shape index (κ1) is 21.0. The standard InChI is InChI=1S/C22H29N7O2/c1-3-4-9-18(22(31)23-17-10-5-8-16(17)20-25-27-28-26-20)24-21(30)15-7-6-11-19-14(15)12-13-29(19)2/h6-7,11-13,16-18H,3-5,8-10H2,1-2H3,(H,23,31)(H,24,30)(H,25,26,27,28)/t16-,17+,18+/m1/s1. The maximum absolute atomic E-state index is 13.2. The molecular weight excluding hydrogens is 394 g/mol. The molecule has 0 bridgehead atoms. The average Bonchev–Trinajstić information content (AvgIpc) is 3.52. The molecule has 3 atom stereocenters. The zero-order chi connectivity index (χ0) is 21.8. The van der Waals surface area contributed by atoms with Gasteiger partial charge in [-0.3, -0.25) is 9.59 Å². The predicted molar refractivity (Wildman–Crippen MR) is 116 cm³/mol. The fraction of sp³-hybridized carbons (Fsp3) is 0.500. The number of benzene rings is 1. The van der Waals surface area contributed by atoms with Gasteiger partial charge in [0.05, 0.1) is 0 Å². The van der Waals surface area contributed by atoms with Crippen molar-refractivity contribution in [1.82, 2.24) is 35.8 Å². The van der Waals surface area contributed by atoms with Gasteiger partial charge in [-0.15, -0.1) is 10.2 Å². The number of tetrazole rings is 1. The SMILES string of the molecule is CCCC[C@H](NC(=O)c1cccc2c1ccn2C)C(=O)N[C@H]1CCC[C@H]1c1nn[nH]n1. The Morgan fingerprint density at radius 2 is 2.16 bits per heavy atom. The monoisotopic (exact) mass is 423 g/mol. The first-order valence-corrected chi connectivity index (χ1v) is 11.0. The maximum atomic E-state index is 13.2. The van der Waals surface area contributed by atoms with Crippen LogP contribution in [0.2, 0.25) is 0 Å². The number of aromatic nitrogens is 5. The molecular formula is C22H29N7O2. The van der Waals surface area contributed by atoms with E-state index in [9.17, 15) is 9.59 Å². The fourth-order valence-corrected chi connectivity index (χ4v) is 4.47. The van der Waals surface area contributed by atoms with E-state index in [2.05, 4.69) is 38.2 Å². The van der Waals surface area contributed by atoms with E-state index in [1.165, 1.54) is 0 Å². The molecule has 0 unspecified atom stereocenters. The molecule has 3 N–H and O–H groups in total.